The molecule has 274 valence electrons. The average Bonchev–Trinajstić information content (AvgIpc) is 3.96. The molecule has 0 fully saturated rings. The Morgan fingerprint density at radius 3 is 1.46 bits per heavy atom. The molecule has 0 saturated heterocycles. The van der Waals surface area contributed by atoms with Crippen molar-refractivity contribution in [3.8, 4) is 11.4 Å². The molecule has 1 aliphatic carbocycles. The lowest BCUT2D eigenvalue weighted by Gasteiger charge is -2.15. The van der Waals surface area contributed by atoms with E-state index in [0.717, 1.165) is 73.5 Å². The van der Waals surface area contributed by atoms with E-state index in [1.165, 1.54) is 70.5 Å². The zero-order valence-electron chi connectivity index (χ0n) is 32.0. The van der Waals surface area contributed by atoms with Crippen molar-refractivity contribution in [3.63, 3.8) is 0 Å². The van der Waals surface area contributed by atoms with Gasteiger partial charge in [-0.3, -0.25) is 0 Å². The van der Waals surface area contributed by atoms with Gasteiger partial charge < -0.3 is 13.6 Å². The van der Waals surface area contributed by atoms with Gasteiger partial charge in [0.1, 0.15) is 11.2 Å². The van der Waals surface area contributed by atoms with Gasteiger partial charge in [-0.2, -0.15) is 0 Å². The highest BCUT2D eigenvalue weighted by Gasteiger charge is 2.23. The third-order valence-electron chi connectivity index (χ3n) is 13.3. The molecule has 0 saturated carbocycles. The number of furan rings is 1. The SMILES string of the molecule is C1=Cc2c(ccc3ccc(-n4c5ccccc5c5c6oc7c(ccc8c7c7ccccc7n8-c7ccc8c9ccccc9c9ccccc9c8c7)c6ccc54)cc23)CC1. The number of hydrogen-bond donors (Lipinski definition) is 0. The van der Waals surface area contributed by atoms with Gasteiger partial charge >= 0.3 is 0 Å². The molecule has 0 amide bonds. The molecule has 10 aromatic carbocycles. The molecular weight excluding hydrogens is 717 g/mol. The normalized spacial score (nSPS) is 13.2. The van der Waals surface area contributed by atoms with E-state index in [9.17, 15) is 0 Å². The molecule has 0 unspecified atom stereocenters. The number of aryl methyl sites for hydroxylation is 1. The van der Waals surface area contributed by atoms with Gasteiger partial charge in [0, 0.05) is 32.9 Å². The predicted molar refractivity (Wildman–Crippen MR) is 250 cm³/mol. The second kappa shape index (κ2) is 11.5. The Morgan fingerprint density at radius 2 is 0.847 bits per heavy atom. The van der Waals surface area contributed by atoms with Crippen molar-refractivity contribution in [1.29, 1.82) is 0 Å². The largest absolute Gasteiger partial charge is 0.455 e. The molecule has 0 bridgehead atoms. The molecule has 0 radical (unpaired) electrons. The summed E-state index contributed by atoms with van der Waals surface area (Å²) in [7, 11) is 0. The summed E-state index contributed by atoms with van der Waals surface area (Å²) in [5, 5.41) is 17.2. The number of allylic oxidation sites excluding steroid dienone is 1. The summed E-state index contributed by atoms with van der Waals surface area (Å²) in [6.07, 6.45) is 6.82. The first-order valence-corrected chi connectivity index (χ1v) is 20.7. The lowest BCUT2D eigenvalue weighted by atomic mass is 9.92. The van der Waals surface area contributed by atoms with Gasteiger partial charge in [0.25, 0.3) is 0 Å². The molecule has 0 aliphatic heterocycles. The Labute approximate surface area is 338 Å². The number of fused-ring (bicyclic) bond motifs is 20. The molecule has 0 atom stereocenters. The molecule has 1 aliphatic rings. The molecule has 0 spiro atoms. The van der Waals surface area contributed by atoms with Crippen LogP contribution >= 0.6 is 0 Å². The second-order valence-electron chi connectivity index (χ2n) is 16.3. The van der Waals surface area contributed by atoms with Crippen LogP contribution in [0.2, 0.25) is 0 Å². The maximum absolute atomic E-state index is 7.28. The van der Waals surface area contributed by atoms with Crippen molar-refractivity contribution in [3.05, 3.63) is 187 Å². The van der Waals surface area contributed by atoms with Crippen LogP contribution in [-0.4, -0.2) is 9.13 Å². The van der Waals surface area contributed by atoms with E-state index in [4.69, 9.17) is 4.42 Å². The van der Waals surface area contributed by atoms with Crippen LogP contribution in [0, 0.1) is 0 Å². The minimum Gasteiger partial charge on any atom is -0.455 e. The Kier molecular flexibility index (Phi) is 6.13. The minimum absolute atomic E-state index is 0.929. The summed E-state index contributed by atoms with van der Waals surface area (Å²) in [5.74, 6) is 0. The summed E-state index contributed by atoms with van der Waals surface area (Å²) >= 11 is 0. The summed E-state index contributed by atoms with van der Waals surface area (Å²) in [4.78, 5) is 0. The Morgan fingerprint density at radius 1 is 0.373 bits per heavy atom. The summed E-state index contributed by atoms with van der Waals surface area (Å²) in [6, 6.07) is 62.8. The molecule has 59 heavy (non-hydrogen) atoms. The minimum atomic E-state index is 0.929. The Bertz CT molecular complexity index is 3990. The number of hydrogen-bond acceptors (Lipinski definition) is 1. The highest BCUT2D eigenvalue weighted by atomic mass is 16.3. The fourth-order valence-electron chi connectivity index (χ4n) is 10.8. The summed E-state index contributed by atoms with van der Waals surface area (Å²) in [5.41, 5.74) is 11.6. The first kappa shape index (κ1) is 31.5. The Balaban J connectivity index is 1.04. The predicted octanol–water partition coefficient (Wildman–Crippen LogP) is 15.4. The van der Waals surface area contributed by atoms with Crippen molar-refractivity contribution in [2.24, 2.45) is 0 Å². The van der Waals surface area contributed by atoms with E-state index in [-0.39, 0.29) is 0 Å². The number of rotatable bonds is 2. The van der Waals surface area contributed by atoms with Crippen LogP contribution in [0.5, 0.6) is 0 Å². The van der Waals surface area contributed by atoms with Crippen molar-refractivity contribution in [2.75, 3.05) is 0 Å². The molecule has 3 heterocycles. The highest BCUT2D eigenvalue weighted by molar-refractivity contribution is 6.30. The molecule has 3 aromatic heterocycles. The highest BCUT2D eigenvalue weighted by Crippen LogP contribution is 2.46. The maximum Gasteiger partial charge on any atom is 0.145 e. The monoisotopic (exact) mass is 750 g/mol. The summed E-state index contributed by atoms with van der Waals surface area (Å²) < 4.78 is 12.1. The Hall–Kier alpha value is -7.62. The van der Waals surface area contributed by atoms with Gasteiger partial charge in [0.15, 0.2) is 0 Å². The number of nitrogens with zero attached hydrogens (tertiary/aromatic N) is 2. The quantitative estimate of drug-likeness (QED) is 0.161. The van der Waals surface area contributed by atoms with E-state index in [2.05, 4.69) is 191 Å². The number of aromatic nitrogens is 2. The van der Waals surface area contributed by atoms with Crippen LogP contribution in [0.1, 0.15) is 17.5 Å². The third-order valence-corrected chi connectivity index (χ3v) is 13.3. The smallest absolute Gasteiger partial charge is 0.145 e. The molecule has 3 nitrogen and oxygen atoms in total. The lowest BCUT2D eigenvalue weighted by molar-refractivity contribution is 0.677. The van der Waals surface area contributed by atoms with Crippen LogP contribution in [0.3, 0.4) is 0 Å². The van der Waals surface area contributed by atoms with Gasteiger partial charge in [-0.05, 0) is 128 Å². The van der Waals surface area contributed by atoms with Crippen molar-refractivity contribution < 1.29 is 4.42 Å². The topological polar surface area (TPSA) is 23.0 Å². The van der Waals surface area contributed by atoms with Crippen molar-refractivity contribution in [2.45, 2.75) is 12.8 Å². The molecular formula is C56H34N2O. The van der Waals surface area contributed by atoms with Gasteiger partial charge in [0.2, 0.25) is 0 Å². The van der Waals surface area contributed by atoms with E-state index in [0.29, 0.717) is 0 Å². The fraction of sp³-hybridized carbons (Fsp3) is 0.0357. The van der Waals surface area contributed by atoms with Crippen LogP contribution in [-0.2, 0) is 6.42 Å². The van der Waals surface area contributed by atoms with Gasteiger partial charge in [0.05, 0.1) is 32.8 Å². The van der Waals surface area contributed by atoms with Crippen molar-refractivity contribution >= 4 is 115 Å². The first-order chi connectivity index (χ1) is 29.3. The molecule has 14 rings (SSSR count). The van der Waals surface area contributed by atoms with E-state index >= 15 is 0 Å². The average molecular weight is 751 g/mol. The molecule has 3 heteroatoms. The fourth-order valence-corrected chi connectivity index (χ4v) is 10.8. The van der Waals surface area contributed by atoms with Crippen LogP contribution in [0.25, 0.3) is 126 Å². The maximum atomic E-state index is 7.28. The standard InChI is InChI=1S/C56H34N2O/c1-2-12-37-33(11-1)21-22-34-23-24-35(31-47(34)37)57-49-19-9-7-17-45(49)53-51(57)29-27-43-44-28-30-52-54(56(44)59-55(43)53)46-18-8-10-20-50(46)58(52)36-25-26-42-40-15-4-3-13-38(40)39-14-5-6-16-41(39)48(42)32-36/h2-10,12-32H,1,11H2. The molecule has 13 aromatic rings. The van der Waals surface area contributed by atoms with E-state index in [1.807, 2.05) is 0 Å². The van der Waals surface area contributed by atoms with Crippen LogP contribution in [0.4, 0.5) is 0 Å². The van der Waals surface area contributed by atoms with Crippen LogP contribution < -0.4 is 0 Å². The van der Waals surface area contributed by atoms with E-state index < -0.39 is 0 Å². The van der Waals surface area contributed by atoms with Gasteiger partial charge in [-0.1, -0.05) is 121 Å². The van der Waals surface area contributed by atoms with E-state index in [1.54, 1.807) is 0 Å². The zero-order valence-corrected chi connectivity index (χ0v) is 32.0. The number of para-hydroxylation sites is 2. The molecule has 0 N–H and O–H groups in total. The summed E-state index contributed by atoms with van der Waals surface area (Å²) in [6.45, 7) is 0. The zero-order chi connectivity index (χ0) is 38.3. The lowest BCUT2D eigenvalue weighted by Crippen LogP contribution is -1.97. The first-order valence-electron chi connectivity index (χ1n) is 20.7. The third kappa shape index (κ3) is 4.16. The van der Waals surface area contributed by atoms with Gasteiger partial charge in [-0.15, -0.1) is 0 Å². The second-order valence-corrected chi connectivity index (χ2v) is 16.3. The van der Waals surface area contributed by atoms with Gasteiger partial charge in [-0.25, -0.2) is 0 Å². The van der Waals surface area contributed by atoms with Crippen molar-refractivity contribution in [1.82, 2.24) is 9.13 Å². The number of benzene rings is 10. The van der Waals surface area contributed by atoms with Crippen LogP contribution in [0.15, 0.2) is 180 Å².